The van der Waals surface area contributed by atoms with Crippen molar-refractivity contribution < 1.29 is 4.79 Å². The first-order valence-electron chi connectivity index (χ1n) is 7.67. The summed E-state index contributed by atoms with van der Waals surface area (Å²) in [6, 6.07) is 18.2. The minimum absolute atomic E-state index is 0.0863. The molecule has 1 aromatic heterocycles. The van der Waals surface area contributed by atoms with E-state index in [2.05, 4.69) is 17.4 Å². The van der Waals surface area contributed by atoms with Crippen LogP contribution in [0.25, 0.3) is 10.1 Å². The predicted molar refractivity (Wildman–Crippen MR) is 98.5 cm³/mol. The molecule has 118 valence electrons. The number of halogens is 1. The van der Waals surface area contributed by atoms with E-state index in [1.54, 1.807) is 0 Å². The highest BCUT2D eigenvalue weighted by molar-refractivity contribution is 7.21. The van der Waals surface area contributed by atoms with Crippen molar-refractivity contribution in [3.8, 4) is 0 Å². The van der Waals surface area contributed by atoms with E-state index in [9.17, 15) is 4.79 Å². The Morgan fingerprint density at radius 2 is 1.83 bits per heavy atom. The van der Waals surface area contributed by atoms with Gasteiger partial charge in [-0.15, -0.1) is 11.3 Å². The van der Waals surface area contributed by atoms with Crippen LogP contribution in [0.15, 0.2) is 54.6 Å². The van der Waals surface area contributed by atoms with Crippen LogP contribution in [0, 0.1) is 0 Å². The Morgan fingerprint density at radius 3 is 2.57 bits per heavy atom. The maximum Gasteiger partial charge on any atom is 0.263 e. The van der Waals surface area contributed by atoms with Gasteiger partial charge < -0.3 is 5.32 Å². The van der Waals surface area contributed by atoms with Crippen molar-refractivity contribution in [1.29, 1.82) is 0 Å². The lowest BCUT2D eigenvalue weighted by Crippen LogP contribution is -2.32. The SMILES string of the molecule is CC(CCc1ccccc1)NC(=O)c1sc2ccccc2c1Cl. The average molecular weight is 344 g/mol. The van der Waals surface area contributed by atoms with Gasteiger partial charge in [-0.3, -0.25) is 4.79 Å². The molecular weight excluding hydrogens is 326 g/mol. The predicted octanol–water partition coefficient (Wildman–Crippen LogP) is 5.31. The number of thiophene rings is 1. The van der Waals surface area contributed by atoms with E-state index < -0.39 is 0 Å². The molecule has 0 spiro atoms. The van der Waals surface area contributed by atoms with Crippen LogP contribution in [0.2, 0.25) is 5.02 Å². The minimum Gasteiger partial charge on any atom is -0.349 e. The van der Waals surface area contributed by atoms with Crippen LogP contribution in [0.5, 0.6) is 0 Å². The van der Waals surface area contributed by atoms with Gasteiger partial charge in [0.25, 0.3) is 5.91 Å². The summed E-state index contributed by atoms with van der Waals surface area (Å²) in [5, 5.41) is 4.55. The molecule has 0 aliphatic rings. The molecule has 23 heavy (non-hydrogen) atoms. The Bertz CT molecular complexity index is 813. The van der Waals surface area contributed by atoms with Gasteiger partial charge in [0.15, 0.2) is 0 Å². The summed E-state index contributed by atoms with van der Waals surface area (Å²) in [7, 11) is 0. The molecule has 2 nitrogen and oxygen atoms in total. The summed E-state index contributed by atoms with van der Waals surface area (Å²) < 4.78 is 1.04. The van der Waals surface area contributed by atoms with Crippen molar-refractivity contribution >= 4 is 38.9 Å². The lowest BCUT2D eigenvalue weighted by Gasteiger charge is -2.13. The van der Waals surface area contributed by atoms with Crippen LogP contribution < -0.4 is 5.32 Å². The summed E-state index contributed by atoms with van der Waals surface area (Å²) in [5.74, 6) is -0.0863. The average Bonchev–Trinajstić information content (AvgIpc) is 2.91. The monoisotopic (exact) mass is 343 g/mol. The van der Waals surface area contributed by atoms with Crippen molar-refractivity contribution in [1.82, 2.24) is 5.32 Å². The fraction of sp³-hybridized carbons (Fsp3) is 0.211. The van der Waals surface area contributed by atoms with E-state index in [4.69, 9.17) is 11.6 Å². The number of hydrogen-bond acceptors (Lipinski definition) is 2. The molecule has 0 aliphatic heterocycles. The second-order valence-corrected chi connectivity index (χ2v) is 7.07. The number of amides is 1. The van der Waals surface area contributed by atoms with E-state index in [-0.39, 0.29) is 11.9 Å². The molecule has 0 radical (unpaired) electrons. The number of benzene rings is 2. The largest absolute Gasteiger partial charge is 0.349 e. The van der Waals surface area contributed by atoms with E-state index in [1.165, 1.54) is 16.9 Å². The Hall–Kier alpha value is -1.84. The molecule has 0 saturated carbocycles. The molecule has 0 aliphatic carbocycles. The van der Waals surface area contributed by atoms with E-state index in [1.807, 2.05) is 49.4 Å². The van der Waals surface area contributed by atoms with Crippen LogP contribution in [0.4, 0.5) is 0 Å². The zero-order chi connectivity index (χ0) is 16.2. The van der Waals surface area contributed by atoms with Gasteiger partial charge in [0.2, 0.25) is 0 Å². The van der Waals surface area contributed by atoms with Crippen molar-refractivity contribution in [2.45, 2.75) is 25.8 Å². The third kappa shape index (κ3) is 3.74. The number of carbonyl (C=O) groups is 1. The molecule has 1 amide bonds. The van der Waals surface area contributed by atoms with Crippen LogP contribution in [0.3, 0.4) is 0 Å². The van der Waals surface area contributed by atoms with Crippen LogP contribution in [0.1, 0.15) is 28.6 Å². The summed E-state index contributed by atoms with van der Waals surface area (Å²) in [5.41, 5.74) is 1.29. The summed E-state index contributed by atoms with van der Waals surface area (Å²) in [6.45, 7) is 2.03. The molecule has 4 heteroatoms. The number of carbonyl (C=O) groups excluding carboxylic acids is 1. The Morgan fingerprint density at radius 1 is 1.13 bits per heavy atom. The van der Waals surface area contributed by atoms with Crippen molar-refractivity contribution in [3.63, 3.8) is 0 Å². The third-order valence-corrected chi connectivity index (χ3v) is 5.50. The number of nitrogens with one attached hydrogen (secondary N) is 1. The molecule has 1 atom stereocenters. The lowest BCUT2D eigenvalue weighted by atomic mass is 10.1. The second kappa shape index (κ2) is 7.16. The topological polar surface area (TPSA) is 29.1 Å². The molecule has 1 N–H and O–H groups in total. The maximum absolute atomic E-state index is 12.5. The first-order chi connectivity index (χ1) is 11.1. The van der Waals surface area contributed by atoms with Gasteiger partial charge in [0.05, 0.1) is 5.02 Å². The molecule has 0 bridgehead atoms. The lowest BCUT2D eigenvalue weighted by molar-refractivity contribution is 0.0943. The Balaban J connectivity index is 1.64. The molecule has 1 unspecified atom stereocenters. The van der Waals surface area contributed by atoms with Crippen molar-refractivity contribution in [2.24, 2.45) is 0 Å². The molecule has 1 heterocycles. The normalized spacial score (nSPS) is 12.3. The van der Waals surface area contributed by atoms with Gasteiger partial charge in [-0.2, -0.15) is 0 Å². The van der Waals surface area contributed by atoms with Gasteiger partial charge in [-0.25, -0.2) is 0 Å². The maximum atomic E-state index is 12.5. The molecule has 0 saturated heterocycles. The van der Waals surface area contributed by atoms with Gasteiger partial charge in [-0.1, -0.05) is 60.1 Å². The molecule has 2 aromatic carbocycles. The molecular formula is C19H18ClNOS. The van der Waals surface area contributed by atoms with E-state index in [0.717, 1.165) is 22.9 Å². The number of rotatable bonds is 5. The Labute approximate surface area is 145 Å². The Kier molecular flexibility index (Phi) is 4.99. The summed E-state index contributed by atoms with van der Waals surface area (Å²) in [6.07, 6.45) is 1.85. The first-order valence-corrected chi connectivity index (χ1v) is 8.86. The highest BCUT2D eigenvalue weighted by atomic mass is 35.5. The van der Waals surface area contributed by atoms with Crippen molar-refractivity contribution in [3.05, 3.63) is 70.1 Å². The quantitative estimate of drug-likeness (QED) is 0.668. The molecule has 0 fully saturated rings. The van der Waals surface area contributed by atoms with Gasteiger partial charge in [0, 0.05) is 16.1 Å². The molecule has 3 aromatic rings. The highest BCUT2D eigenvalue weighted by Gasteiger charge is 2.18. The fourth-order valence-electron chi connectivity index (χ4n) is 2.55. The second-order valence-electron chi connectivity index (χ2n) is 5.64. The van der Waals surface area contributed by atoms with Gasteiger partial charge >= 0.3 is 0 Å². The summed E-state index contributed by atoms with van der Waals surface area (Å²) >= 11 is 7.80. The van der Waals surface area contributed by atoms with E-state index >= 15 is 0 Å². The van der Waals surface area contributed by atoms with Crippen molar-refractivity contribution in [2.75, 3.05) is 0 Å². The van der Waals surface area contributed by atoms with Gasteiger partial charge in [-0.05, 0) is 31.4 Å². The van der Waals surface area contributed by atoms with E-state index in [0.29, 0.717) is 9.90 Å². The summed E-state index contributed by atoms with van der Waals surface area (Å²) in [4.78, 5) is 13.1. The number of hydrogen-bond donors (Lipinski definition) is 1. The zero-order valence-corrected chi connectivity index (χ0v) is 14.5. The number of fused-ring (bicyclic) bond motifs is 1. The zero-order valence-electron chi connectivity index (χ0n) is 12.9. The first kappa shape index (κ1) is 16.0. The highest BCUT2D eigenvalue weighted by Crippen LogP contribution is 2.35. The molecule has 3 rings (SSSR count). The number of aryl methyl sites for hydroxylation is 1. The van der Waals surface area contributed by atoms with Crippen LogP contribution in [-0.4, -0.2) is 11.9 Å². The van der Waals surface area contributed by atoms with Gasteiger partial charge in [0.1, 0.15) is 4.88 Å². The van der Waals surface area contributed by atoms with Crippen LogP contribution in [-0.2, 0) is 6.42 Å². The third-order valence-electron chi connectivity index (χ3n) is 3.83. The van der Waals surface area contributed by atoms with Crippen LogP contribution >= 0.6 is 22.9 Å². The minimum atomic E-state index is -0.0863. The standard InChI is InChI=1S/C19H18ClNOS/c1-13(11-12-14-7-3-2-4-8-14)21-19(22)18-17(20)15-9-5-6-10-16(15)23-18/h2-10,13H,11-12H2,1H3,(H,21,22). The smallest absolute Gasteiger partial charge is 0.263 e. The fourth-order valence-corrected chi connectivity index (χ4v) is 3.97.